The molecule has 8 heteroatoms. The minimum Gasteiger partial charge on any atom is -0.435 e. The summed E-state index contributed by atoms with van der Waals surface area (Å²) in [6, 6.07) is 6.39. The number of carbonyl (C=O) groups is 2. The fourth-order valence-corrected chi connectivity index (χ4v) is 3.19. The highest BCUT2D eigenvalue weighted by molar-refractivity contribution is 5.79. The zero-order chi connectivity index (χ0) is 20.4. The molecule has 1 aromatic carbocycles. The first-order valence-electron chi connectivity index (χ1n) is 9.78. The third-order valence-electron chi connectivity index (χ3n) is 4.76. The number of carbonyl (C=O) groups excluding carboxylic acids is 2. The highest BCUT2D eigenvalue weighted by Crippen LogP contribution is 2.17. The van der Waals surface area contributed by atoms with Gasteiger partial charge in [0, 0.05) is 19.0 Å². The number of rotatable bonds is 10. The molecule has 0 radical (unpaired) electrons. The molecule has 0 unspecified atom stereocenters. The van der Waals surface area contributed by atoms with Crippen LogP contribution in [-0.4, -0.2) is 56.0 Å². The van der Waals surface area contributed by atoms with Gasteiger partial charge in [0.15, 0.2) is 0 Å². The summed E-state index contributed by atoms with van der Waals surface area (Å²) in [5.41, 5.74) is 0.931. The van der Waals surface area contributed by atoms with Crippen LogP contribution in [0.5, 0.6) is 5.75 Å². The topological polar surface area (TPSA) is 70.7 Å². The Balaban J connectivity index is 1.62. The first-order valence-corrected chi connectivity index (χ1v) is 9.78. The van der Waals surface area contributed by atoms with E-state index in [0.29, 0.717) is 26.1 Å². The molecule has 1 saturated heterocycles. The quantitative estimate of drug-likeness (QED) is 0.635. The number of nitrogens with one attached hydrogen (secondary N) is 2. The number of hydrogen-bond donors (Lipinski definition) is 2. The van der Waals surface area contributed by atoms with Crippen LogP contribution in [0.15, 0.2) is 24.3 Å². The Hall–Kier alpha value is -2.22. The van der Waals surface area contributed by atoms with Crippen molar-refractivity contribution in [3.8, 4) is 5.75 Å². The molecule has 1 aliphatic heterocycles. The Morgan fingerprint density at radius 2 is 1.82 bits per heavy atom. The van der Waals surface area contributed by atoms with E-state index in [4.69, 9.17) is 0 Å². The highest BCUT2D eigenvalue weighted by atomic mass is 19.3. The predicted octanol–water partition coefficient (Wildman–Crippen LogP) is 2.18. The predicted molar refractivity (Wildman–Crippen MR) is 102 cm³/mol. The molecule has 0 bridgehead atoms. The van der Waals surface area contributed by atoms with Crippen molar-refractivity contribution < 1.29 is 23.1 Å². The summed E-state index contributed by atoms with van der Waals surface area (Å²) in [5.74, 6) is 0.236. The van der Waals surface area contributed by atoms with Crippen LogP contribution >= 0.6 is 0 Å². The van der Waals surface area contributed by atoms with Crippen molar-refractivity contribution in [3.63, 3.8) is 0 Å². The second-order valence-electron chi connectivity index (χ2n) is 6.96. The molecule has 1 aromatic rings. The lowest BCUT2D eigenvalue weighted by Gasteiger charge is -2.30. The molecule has 2 amide bonds. The van der Waals surface area contributed by atoms with Gasteiger partial charge in [0.1, 0.15) is 5.75 Å². The second-order valence-corrected chi connectivity index (χ2v) is 6.96. The van der Waals surface area contributed by atoms with Crippen LogP contribution in [0.2, 0.25) is 0 Å². The highest BCUT2D eigenvalue weighted by Gasteiger charge is 2.25. The molecule has 0 saturated carbocycles. The van der Waals surface area contributed by atoms with Crippen molar-refractivity contribution in [2.24, 2.45) is 5.92 Å². The van der Waals surface area contributed by atoms with Gasteiger partial charge in [-0.1, -0.05) is 19.1 Å². The minimum atomic E-state index is -2.83. The smallest absolute Gasteiger partial charge is 0.387 e. The van der Waals surface area contributed by atoms with Crippen molar-refractivity contribution in [2.45, 2.75) is 39.2 Å². The molecule has 28 heavy (non-hydrogen) atoms. The van der Waals surface area contributed by atoms with E-state index in [1.165, 1.54) is 12.1 Å². The Morgan fingerprint density at radius 1 is 1.14 bits per heavy atom. The lowest BCUT2D eigenvalue weighted by atomic mass is 9.96. The Labute approximate surface area is 164 Å². The molecule has 0 spiro atoms. The van der Waals surface area contributed by atoms with Crippen LogP contribution in [0.1, 0.15) is 31.7 Å². The Kier molecular flexibility index (Phi) is 9.13. The van der Waals surface area contributed by atoms with Crippen LogP contribution in [0.25, 0.3) is 0 Å². The van der Waals surface area contributed by atoms with Gasteiger partial charge in [-0.3, -0.25) is 14.5 Å². The van der Waals surface area contributed by atoms with E-state index in [0.717, 1.165) is 37.9 Å². The van der Waals surface area contributed by atoms with Crippen molar-refractivity contribution in [1.82, 2.24) is 15.5 Å². The van der Waals surface area contributed by atoms with Gasteiger partial charge in [-0.05, 0) is 56.5 Å². The lowest BCUT2D eigenvalue weighted by Crippen LogP contribution is -2.44. The van der Waals surface area contributed by atoms with E-state index in [1.54, 1.807) is 12.1 Å². The van der Waals surface area contributed by atoms with Crippen LogP contribution in [-0.2, 0) is 16.0 Å². The van der Waals surface area contributed by atoms with Gasteiger partial charge >= 0.3 is 6.61 Å². The van der Waals surface area contributed by atoms with Crippen molar-refractivity contribution >= 4 is 11.8 Å². The largest absolute Gasteiger partial charge is 0.435 e. The number of hydrogen-bond acceptors (Lipinski definition) is 4. The molecule has 2 rings (SSSR count). The van der Waals surface area contributed by atoms with E-state index in [1.807, 2.05) is 6.92 Å². The van der Waals surface area contributed by atoms with Gasteiger partial charge < -0.3 is 15.4 Å². The van der Waals surface area contributed by atoms with E-state index in [-0.39, 0.29) is 23.5 Å². The van der Waals surface area contributed by atoms with Crippen LogP contribution < -0.4 is 15.4 Å². The Morgan fingerprint density at radius 3 is 2.43 bits per heavy atom. The molecule has 0 aliphatic carbocycles. The summed E-state index contributed by atoms with van der Waals surface area (Å²) in [7, 11) is 0. The number of likely N-dealkylation sites (tertiary alicyclic amines) is 1. The molecule has 1 heterocycles. The Bertz CT molecular complexity index is 618. The number of amides is 2. The first-order chi connectivity index (χ1) is 13.5. The van der Waals surface area contributed by atoms with E-state index >= 15 is 0 Å². The monoisotopic (exact) mass is 397 g/mol. The van der Waals surface area contributed by atoms with Gasteiger partial charge in [0.05, 0.1) is 6.54 Å². The standard InChI is InChI=1S/C20H29F2N3O3/c1-2-10-24-19(27)16-8-12-25(13-9-16)14-18(26)23-11-7-15-3-5-17(6-4-15)28-20(21)22/h3-6,16,20H,2,7-14H2,1H3,(H,23,26)(H,24,27). The van der Waals surface area contributed by atoms with Gasteiger partial charge in [-0.2, -0.15) is 8.78 Å². The van der Waals surface area contributed by atoms with Gasteiger partial charge in [0.2, 0.25) is 11.8 Å². The molecule has 6 nitrogen and oxygen atoms in total. The van der Waals surface area contributed by atoms with Gasteiger partial charge in [-0.15, -0.1) is 0 Å². The van der Waals surface area contributed by atoms with Gasteiger partial charge in [0.25, 0.3) is 0 Å². The van der Waals surface area contributed by atoms with Crippen molar-refractivity contribution in [3.05, 3.63) is 29.8 Å². The summed E-state index contributed by atoms with van der Waals surface area (Å²) in [4.78, 5) is 26.1. The fourth-order valence-electron chi connectivity index (χ4n) is 3.19. The maximum absolute atomic E-state index is 12.1. The number of ether oxygens (including phenoxy) is 1. The molecule has 1 aliphatic rings. The molecule has 2 N–H and O–H groups in total. The average molecular weight is 397 g/mol. The number of halogens is 2. The van der Waals surface area contributed by atoms with Crippen LogP contribution in [0.4, 0.5) is 8.78 Å². The SMILES string of the molecule is CCCNC(=O)C1CCN(CC(=O)NCCc2ccc(OC(F)F)cc2)CC1. The van der Waals surface area contributed by atoms with Crippen LogP contribution in [0, 0.1) is 5.92 Å². The number of nitrogens with zero attached hydrogens (tertiary/aromatic N) is 1. The molecule has 1 fully saturated rings. The van der Waals surface area contributed by atoms with Crippen molar-refractivity contribution in [1.29, 1.82) is 0 Å². The molecule has 0 aromatic heterocycles. The zero-order valence-corrected chi connectivity index (χ0v) is 16.3. The van der Waals surface area contributed by atoms with E-state index in [9.17, 15) is 18.4 Å². The van der Waals surface area contributed by atoms with Crippen LogP contribution in [0.3, 0.4) is 0 Å². The second kappa shape index (κ2) is 11.6. The third-order valence-corrected chi connectivity index (χ3v) is 4.76. The van der Waals surface area contributed by atoms with Crippen molar-refractivity contribution in [2.75, 3.05) is 32.7 Å². The van der Waals surface area contributed by atoms with E-state index in [2.05, 4.69) is 20.3 Å². The molecule has 156 valence electrons. The lowest BCUT2D eigenvalue weighted by molar-refractivity contribution is -0.126. The number of benzene rings is 1. The first kappa shape index (κ1) is 22.1. The zero-order valence-electron chi connectivity index (χ0n) is 16.3. The summed E-state index contributed by atoms with van der Waals surface area (Å²) in [6.45, 7) is 2.18. The number of piperidine rings is 1. The molecule has 0 atom stereocenters. The summed E-state index contributed by atoms with van der Waals surface area (Å²) in [6.07, 6.45) is 3.09. The summed E-state index contributed by atoms with van der Waals surface area (Å²) < 4.78 is 28.5. The summed E-state index contributed by atoms with van der Waals surface area (Å²) >= 11 is 0. The van der Waals surface area contributed by atoms with E-state index < -0.39 is 6.61 Å². The fraction of sp³-hybridized carbons (Fsp3) is 0.600. The van der Waals surface area contributed by atoms with Gasteiger partial charge in [-0.25, -0.2) is 0 Å². The molecular weight excluding hydrogens is 368 g/mol. The molecular formula is C20H29F2N3O3. The minimum absolute atomic E-state index is 0.0443. The third kappa shape index (κ3) is 7.80. The number of alkyl halides is 2. The normalized spacial score (nSPS) is 15.4. The average Bonchev–Trinajstić information content (AvgIpc) is 2.67. The maximum atomic E-state index is 12.1. The maximum Gasteiger partial charge on any atom is 0.387 e. The summed E-state index contributed by atoms with van der Waals surface area (Å²) in [5, 5.41) is 5.81.